The van der Waals surface area contributed by atoms with E-state index in [-0.39, 0.29) is 12.3 Å². The van der Waals surface area contributed by atoms with E-state index in [1.165, 1.54) is 18.2 Å². The van der Waals surface area contributed by atoms with Crippen molar-refractivity contribution in [2.75, 3.05) is 6.61 Å². The Morgan fingerprint density at radius 3 is 2.94 bits per heavy atom. The van der Waals surface area contributed by atoms with Crippen molar-refractivity contribution < 1.29 is 9.66 Å². The van der Waals surface area contributed by atoms with Gasteiger partial charge in [0.2, 0.25) is 0 Å². The Kier molecular flexibility index (Phi) is 5.66. The highest BCUT2D eigenvalue weighted by atomic mass is 35.5. The fraction of sp³-hybridized carbons (Fsp3) is 0.333. The summed E-state index contributed by atoms with van der Waals surface area (Å²) >= 11 is 5.92. The highest BCUT2D eigenvalue weighted by Gasteiger charge is 2.09. The van der Waals surface area contributed by atoms with Crippen molar-refractivity contribution in [2.24, 2.45) is 0 Å². The summed E-state index contributed by atoms with van der Waals surface area (Å²) in [4.78, 5) is 10.1. The minimum atomic E-state index is -0.447. The third-order valence-electron chi connectivity index (χ3n) is 2.19. The Labute approximate surface area is 105 Å². The number of allylic oxidation sites excluding steroid dienone is 1. The van der Waals surface area contributed by atoms with Gasteiger partial charge < -0.3 is 4.74 Å². The highest BCUT2D eigenvalue weighted by Crippen LogP contribution is 2.22. The molecule has 92 valence electrons. The summed E-state index contributed by atoms with van der Waals surface area (Å²) < 4.78 is 5.38. The molecular weight excluding hydrogens is 242 g/mol. The summed E-state index contributed by atoms with van der Waals surface area (Å²) in [6, 6.07) is 4.33. The van der Waals surface area contributed by atoms with E-state index < -0.39 is 4.92 Å². The molecule has 0 aliphatic carbocycles. The molecule has 1 aromatic carbocycles. The number of hydrogen-bond donors (Lipinski definition) is 0. The zero-order valence-electron chi connectivity index (χ0n) is 9.39. The van der Waals surface area contributed by atoms with Gasteiger partial charge in [-0.3, -0.25) is 10.1 Å². The lowest BCUT2D eigenvalue weighted by molar-refractivity contribution is -0.384. The Balaban J connectivity index is 2.54. The van der Waals surface area contributed by atoms with Gasteiger partial charge in [-0.15, -0.1) is 6.58 Å². The van der Waals surface area contributed by atoms with Crippen LogP contribution in [-0.4, -0.2) is 11.5 Å². The zero-order chi connectivity index (χ0) is 12.7. The van der Waals surface area contributed by atoms with Crippen molar-refractivity contribution in [2.45, 2.75) is 19.4 Å². The number of hydrogen-bond acceptors (Lipinski definition) is 3. The van der Waals surface area contributed by atoms with Crippen LogP contribution >= 0.6 is 11.6 Å². The highest BCUT2D eigenvalue weighted by molar-refractivity contribution is 6.31. The second kappa shape index (κ2) is 7.04. The molecule has 4 nitrogen and oxygen atoms in total. The van der Waals surface area contributed by atoms with Gasteiger partial charge >= 0.3 is 0 Å². The number of halogens is 1. The normalized spacial score (nSPS) is 10.2. The minimum absolute atomic E-state index is 0.0269. The molecule has 0 saturated heterocycles. The summed E-state index contributed by atoms with van der Waals surface area (Å²) in [6.07, 6.45) is 3.60. The molecule has 0 unspecified atom stereocenters. The fourth-order valence-electron chi connectivity index (χ4n) is 1.30. The smallest absolute Gasteiger partial charge is 0.269 e. The third-order valence-corrected chi connectivity index (χ3v) is 2.56. The standard InChI is InChI=1S/C12H14ClNO3/c1-2-3-4-7-17-9-10-8-11(14(15)16)5-6-12(10)13/h2,5-6,8H,1,3-4,7,9H2. The first-order valence-electron chi connectivity index (χ1n) is 5.26. The Hall–Kier alpha value is -1.39. The Bertz CT molecular complexity index is 407. The van der Waals surface area contributed by atoms with Gasteiger partial charge in [-0.1, -0.05) is 17.7 Å². The van der Waals surface area contributed by atoms with Gasteiger partial charge in [0.25, 0.3) is 5.69 Å². The maximum absolute atomic E-state index is 10.6. The van der Waals surface area contributed by atoms with E-state index in [0.29, 0.717) is 17.2 Å². The van der Waals surface area contributed by atoms with Crippen LogP contribution in [0.3, 0.4) is 0 Å². The molecule has 0 saturated carbocycles. The molecular formula is C12H14ClNO3. The summed E-state index contributed by atoms with van der Waals surface area (Å²) in [5.41, 5.74) is 0.665. The van der Waals surface area contributed by atoms with E-state index >= 15 is 0 Å². The van der Waals surface area contributed by atoms with Gasteiger partial charge in [0.15, 0.2) is 0 Å². The molecule has 0 amide bonds. The van der Waals surface area contributed by atoms with Crippen LogP contribution in [0.2, 0.25) is 5.02 Å². The predicted octanol–water partition coefficient (Wildman–Crippen LogP) is 3.73. The average molecular weight is 256 g/mol. The van der Waals surface area contributed by atoms with Gasteiger partial charge in [-0.25, -0.2) is 0 Å². The first kappa shape index (κ1) is 13.7. The van der Waals surface area contributed by atoms with Crippen molar-refractivity contribution in [3.05, 3.63) is 51.6 Å². The number of ether oxygens (including phenoxy) is 1. The Morgan fingerprint density at radius 1 is 1.53 bits per heavy atom. The molecule has 0 aliphatic heterocycles. The summed E-state index contributed by atoms with van der Waals surface area (Å²) in [6.45, 7) is 4.49. The average Bonchev–Trinajstić information content (AvgIpc) is 2.30. The van der Waals surface area contributed by atoms with Crippen molar-refractivity contribution in [1.29, 1.82) is 0 Å². The topological polar surface area (TPSA) is 52.4 Å². The third kappa shape index (κ3) is 4.54. The van der Waals surface area contributed by atoms with E-state index in [0.717, 1.165) is 12.8 Å². The second-order valence-corrected chi connectivity index (χ2v) is 3.92. The van der Waals surface area contributed by atoms with Crippen LogP contribution in [0.4, 0.5) is 5.69 Å². The van der Waals surface area contributed by atoms with Crippen LogP contribution < -0.4 is 0 Å². The van der Waals surface area contributed by atoms with E-state index in [1.807, 2.05) is 6.08 Å². The molecule has 5 heteroatoms. The number of unbranched alkanes of at least 4 members (excludes halogenated alkanes) is 1. The number of non-ortho nitro benzene ring substituents is 1. The van der Waals surface area contributed by atoms with E-state index in [2.05, 4.69) is 6.58 Å². The van der Waals surface area contributed by atoms with Crippen LogP contribution in [0.1, 0.15) is 18.4 Å². The molecule has 1 rings (SSSR count). The first-order valence-corrected chi connectivity index (χ1v) is 5.64. The molecule has 0 bridgehead atoms. The molecule has 0 fully saturated rings. The largest absolute Gasteiger partial charge is 0.377 e. The van der Waals surface area contributed by atoms with Gasteiger partial charge in [0, 0.05) is 29.3 Å². The van der Waals surface area contributed by atoms with Crippen LogP contribution in [-0.2, 0) is 11.3 Å². The quantitative estimate of drug-likeness (QED) is 0.323. The van der Waals surface area contributed by atoms with Crippen molar-refractivity contribution in [1.82, 2.24) is 0 Å². The first-order chi connectivity index (χ1) is 8.15. The monoisotopic (exact) mass is 255 g/mol. The molecule has 0 aliphatic rings. The molecule has 0 spiro atoms. The van der Waals surface area contributed by atoms with Gasteiger partial charge in [0.05, 0.1) is 11.5 Å². The van der Waals surface area contributed by atoms with Crippen molar-refractivity contribution in [3.63, 3.8) is 0 Å². The SMILES string of the molecule is C=CCCCOCc1cc([N+](=O)[O-])ccc1Cl. The molecule has 0 atom stereocenters. The number of nitrogens with zero attached hydrogens (tertiary/aromatic N) is 1. The molecule has 0 aromatic heterocycles. The number of nitro groups is 1. The molecule has 17 heavy (non-hydrogen) atoms. The maximum atomic E-state index is 10.6. The lowest BCUT2D eigenvalue weighted by atomic mass is 10.2. The molecule has 1 aromatic rings. The van der Waals surface area contributed by atoms with Gasteiger partial charge in [-0.2, -0.15) is 0 Å². The van der Waals surface area contributed by atoms with E-state index in [1.54, 1.807) is 0 Å². The molecule has 0 radical (unpaired) electrons. The number of benzene rings is 1. The van der Waals surface area contributed by atoms with Gasteiger partial charge in [0.1, 0.15) is 0 Å². The molecule has 0 N–H and O–H groups in total. The number of rotatable bonds is 7. The zero-order valence-corrected chi connectivity index (χ0v) is 10.2. The van der Waals surface area contributed by atoms with E-state index in [4.69, 9.17) is 16.3 Å². The molecule has 0 heterocycles. The van der Waals surface area contributed by atoms with Crippen LogP contribution in [0.15, 0.2) is 30.9 Å². The Morgan fingerprint density at radius 2 is 2.29 bits per heavy atom. The summed E-state index contributed by atoms with van der Waals surface area (Å²) in [7, 11) is 0. The summed E-state index contributed by atoms with van der Waals surface area (Å²) in [5.74, 6) is 0. The maximum Gasteiger partial charge on any atom is 0.269 e. The van der Waals surface area contributed by atoms with E-state index in [9.17, 15) is 10.1 Å². The minimum Gasteiger partial charge on any atom is -0.377 e. The van der Waals surface area contributed by atoms with Crippen LogP contribution in [0.5, 0.6) is 0 Å². The van der Waals surface area contributed by atoms with Crippen LogP contribution in [0, 0.1) is 10.1 Å². The van der Waals surface area contributed by atoms with Crippen molar-refractivity contribution >= 4 is 17.3 Å². The number of nitro benzene ring substituents is 1. The fourth-order valence-corrected chi connectivity index (χ4v) is 1.47. The summed E-state index contributed by atoms with van der Waals surface area (Å²) in [5, 5.41) is 11.1. The lowest BCUT2D eigenvalue weighted by Gasteiger charge is -2.05. The van der Waals surface area contributed by atoms with Crippen LogP contribution in [0.25, 0.3) is 0 Å². The lowest BCUT2D eigenvalue weighted by Crippen LogP contribution is -1.97. The van der Waals surface area contributed by atoms with Gasteiger partial charge in [-0.05, 0) is 18.9 Å². The van der Waals surface area contributed by atoms with Crippen molar-refractivity contribution in [3.8, 4) is 0 Å². The predicted molar refractivity (Wildman–Crippen MR) is 67.2 cm³/mol. The second-order valence-electron chi connectivity index (χ2n) is 3.52.